The van der Waals surface area contributed by atoms with Gasteiger partial charge >= 0.3 is 5.97 Å². The summed E-state index contributed by atoms with van der Waals surface area (Å²) in [5, 5.41) is 11.5. The Morgan fingerprint density at radius 1 is 1.14 bits per heavy atom. The number of carbonyl (C=O) groups is 2. The Labute approximate surface area is 120 Å². The lowest BCUT2D eigenvalue weighted by Crippen LogP contribution is -2.42. The number of aromatic nitrogens is 1. The van der Waals surface area contributed by atoms with Gasteiger partial charge in [-0.2, -0.15) is 4.39 Å². The minimum absolute atomic E-state index is 0.136. The topological polar surface area (TPSA) is 79.3 Å². The van der Waals surface area contributed by atoms with Crippen LogP contribution in [0.2, 0.25) is 0 Å². The summed E-state index contributed by atoms with van der Waals surface area (Å²) in [4.78, 5) is 26.5. The van der Waals surface area contributed by atoms with Crippen LogP contribution in [0.1, 0.15) is 16.1 Å². The van der Waals surface area contributed by atoms with Crippen LogP contribution in [-0.2, 0) is 11.2 Å². The maximum Gasteiger partial charge on any atom is 0.326 e. The first-order valence-corrected chi connectivity index (χ1v) is 6.26. The standard InChI is InChI=1S/C15H13FN2O3/c16-13-8-4-7-11(17-13)14(19)18-12(15(20)21)9-10-5-2-1-3-6-10/h1-8,12H,9H2,(H,18,19)(H,20,21)/t12-/m1/s1. The van der Waals surface area contributed by atoms with Gasteiger partial charge in [0.25, 0.3) is 5.91 Å². The van der Waals surface area contributed by atoms with Gasteiger partial charge in [0.05, 0.1) is 0 Å². The molecule has 5 nitrogen and oxygen atoms in total. The Bertz CT molecular complexity index is 646. The van der Waals surface area contributed by atoms with Crippen LogP contribution in [0.3, 0.4) is 0 Å². The number of amides is 1. The van der Waals surface area contributed by atoms with Crippen molar-refractivity contribution in [1.82, 2.24) is 10.3 Å². The van der Waals surface area contributed by atoms with E-state index in [1.54, 1.807) is 24.3 Å². The number of rotatable bonds is 5. The molecule has 1 amide bonds. The lowest BCUT2D eigenvalue weighted by molar-refractivity contribution is -0.139. The zero-order valence-electron chi connectivity index (χ0n) is 11.0. The molecule has 0 spiro atoms. The predicted octanol–water partition coefficient (Wildman–Crippen LogP) is 1.65. The Hall–Kier alpha value is -2.76. The monoisotopic (exact) mass is 288 g/mol. The lowest BCUT2D eigenvalue weighted by atomic mass is 10.1. The normalized spacial score (nSPS) is 11.7. The summed E-state index contributed by atoms with van der Waals surface area (Å²) >= 11 is 0. The Morgan fingerprint density at radius 2 is 1.86 bits per heavy atom. The summed E-state index contributed by atoms with van der Waals surface area (Å²) in [6.45, 7) is 0. The van der Waals surface area contributed by atoms with E-state index in [-0.39, 0.29) is 12.1 Å². The van der Waals surface area contributed by atoms with Crippen molar-refractivity contribution in [3.05, 3.63) is 65.7 Å². The molecule has 2 aromatic rings. The Kier molecular flexibility index (Phi) is 4.61. The second-order valence-electron chi connectivity index (χ2n) is 4.40. The van der Waals surface area contributed by atoms with E-state index in [2.05, 4.69) is 10.3 Å². The largest absolute Gasteiger partial charge is 0.480 e. The van der Waals surface area contributed by atoms with E-state index in [1.165, 1.54) is 12.1 Å². The molecule has 0 saturated carbocycles. The molecule has 6 heteroatoms. The van der Waals surface area contributed by atoms with E-state index in [4.69, 9.17) is 0 Å². The molecule has 1 heterocycles. The van der Waals surface area contributed by atoms with Crippen LogP contribution in [0.15, 0.2) is 48.5 Å². The minimum atomic E-state index is -1.16. The predicted molar refractivity (Wildman–Crippen MR) is 73.2 cm³/mol. The number of carbonyl (C=O) groups excluding carboxylic acids is 1. The number of nitrogens with zero attached hydrogens (tertiary/aromatic N) is 1. The highest BCUT2D eigenvalue weighted by Crippen LogP contribution is 2.05. The molecular weight excluding hydrogens is 275 g/mol. The van der Waals surface area contributed by atoms with Crippen molar-refractivity contribution >= 4 is 11.9 Å². The quantitative estimate of drug-likeness (QED) is 0.820. The number of halogens is 1. The van der Waals surface area contributed by atoms with Crippen LogP contribution in [0.4, 0.5) is 4.39 Å². The van der Waals surface area contributed by atoms with Gasteiger partial charge in [0.1, 0.15) is 11.7 Å². The fourth-order valence-electron chi connectivity index (χ4n) is 1.82. The molecule has 1 aromatic carbocycles. The van der Waals surface area contributed by atoms with E-state index in [0.717, 1.165) is 11.6 Å². The molecule has 1 atom stereocenters. The zero-order chi connectivity index (χ0) is 15.2. The summed E-state index contributed by atoms with van der Waals surface area (Å²) in [6.07, 6.45) is 0.136. The van der Waals surface area contributed by atoms with Crippen molar-refractivity contribution in [2.24, 2.45) is 0 Å². The summed E-state index contributed by atoms with van der Waals surface area (Å²) in [5.74, 6) is -2.68. The van der Waals surface area contributed by atoms with Crippen molar-refractivity contribution < 1.29 is 19.1 Å². The molecule has 21 heavy (non-hydrogen) atoms. The molecule has 0 fully saturated rings. The Morgan fingerprint density at radius 3 is 2.48 bits per heavy atom. The smallest absolute Gasteiger partial charge is 0.326 e. The number of carboxylic acids is 1. The lowest BCUT2D eigenvalue weighted by Gasteiger charge is -2.14. The average molecular weight is 288 g/mol. The zero-order valence-corrected chi connectivity index (χ0v) is 11.0. The van der Waals surface area contributed by atoms with Crippen molar-refractivity contribution in [3.63, 3.8) is 0 Å². The van der Waals surface area contributed by atoms with Crippen LogP contribution >= 0.6 is 0 Å². The first kappa shape index (κ1) is 14.6. The molecule has 0 aliphatic heterocycles. The number of hydrogen-bond donors (Lipinski definition) is 2. The SMILES string of the molecule is O=C(N[C@H](Cc1ccccc1)C(=O)O)c1cccc(F)n1. The second kappa shape index (κ2) is 6.60. The van der Waals surface area contributed by atoms with Crippen LogP contribution < -0.4 is 5.32 Å². The summed E-state index contributed by atoms with van der Waals surface area (Å²) in [7, 11) is 0. The second-order valence-corrected chi connectivity index (χ2v) is 4.40. The third-order valence-electron chi connectivity index (χ3n) is 2.83. The molecule has 1 aromatic heterocycles. The third kappa shape index (κ3) is 4.10. The molecule has 108 valence electrons. The molecular formula is C15H13FN2O3. The number of benzene rings is 1. The van der Waals surface area contributed by atoms with Crippen LogP contribution in [-0.4, -0.2) is 28.0 Å². The maximum atomic E-state index is 13.0. The van der Waals surface area contributed by atoms with Crippen LogP contribution in [0.5, 0.6) is 0 Å². The van der Waals surface area contributed by atoms with Gasteiger partial charge in [-0.15, -0.1) is 0 Å². The molecule has 0 radical (unpaired) electrons. The highest BCUT2D eigenvalue weighted by Gasteiger charge is 2.21. The van der Waals surface area contributed by atoms with E-state index in [9.17, 15) is 19.1 Å². The maximum absolute atomic E-state index is 13.0. The summed E-state index contributed by atoms with van der Waals surface area (Å²) in [5.41, 5.74) is 0.617. The first-order valence-electron chi connectivity index (χ1n) is 6.26. The van der Waals surface area contributed by atoms with Crippen molar-refractivity contribution in [2.45, 2.75) is 12.5 Å². The van der Waals surface area contributed by atoms with E-state index < -0.39 is 23.9 Å². The fourth-order valence-corrected chi connectivity index (χ4v) is 1.82. The van der Waals surface area contributed by atoms with E-state index in [0.29, 0.717) is 0 Å². The van der Waals surface area contributed by atoms with E-state index >= 15 is 0 Å². The highest BCUT2D eigenvalue weighted by molar-refractivity contribution is 5.94. The van der Waals surface area contributed by atoms with Gasteiger partial charge in [-0.1, -0.05) is 36.4 Å². The Balaban J connectivity index is 2.10. The van der Waals surface area contributed by atoms with Gasteiger partial charge in [0.2, 0.25) is 5.95 Å². The molecule has 0 bridgehead atoms. The van der Waals surface area contributed by atoms with Gasteiger partial charge in [-0.25, -0.2) is 9.78 Å². The first-order chi connectivity index (χ1) is 10.1. The molecule has 2 N–H and O–H groups in total. The fraction of sp³-hybridized carbons (Fsp3) is 0.133. The highest BCUT2D eigenvalue weighted by atomic mass is 19.1. The number of hydrogen-bond acceptors (Lipinski definition) is 3. The average Bonchev–Trinajstić information content (AvgIpc) is 2.47. The van der Waals surface area contributed by atoms with Gasteiger partial charge in [-0.05, 0) is 17.7 Å². The number of pyridine rings is 1. The molecule has 0 saturated heterocycles. The van der Waals surface area contributed by atoms with Crippen LogP contribution in [0.25, 0.3) is 0 Å². The van der Waals surface area contributed by atoms with Crippen molar-refractivity contribution in [3.8, 4) is 0 Å². The molecule has 2 rings (SSSR count). The third-order valence-corrected chi connectivity index (χ3v) is 2.83. The molecule has 0 aliphatic rings. The van der Waals surface area contributed by atoms with Gasteiger partial charge in [-0.3, -0.25) is 4.79 Å². The van der Waals surface area contributed by atoms with Crippen molar-refractivity contribution in [2.75, 3.05) is 0 Å². The van der Waals surface area contributed by atoms with Gasteiger partial charge < -0.3 is 10.4 Å². The number of aliphatic carboxylic acids is 1. The summed E-state index contributed by atoms with van der Waals surface area (Å²) < 4.78 is 13.0. The van der Waals surface area contributed by atoms with Gasteiger partial charge in [0, 0.05) is 6.42 Å². The van der Waals surface area contributed by atoms with Crippen molar-refractivity contribution in [1.29, 1.82) is 0 Å². The number of nitrogens with one attached hydrogen (secondary N) is 1. The van der Waals surface area contributed by atoms with E-state index in [1.807, 2.05) is 6.07 Å². The molecule has 0 unspecified atom stereocenters. The summed E-state index contributed by atoms with van der Waals surface area (Å²) in [6, 6.07) is 11.6. The van der Waals surface area contributed by atoms with Gasteiger partial charge in [0.15, 0.2) is 0 Å². The molecule has 0 aliphatic carbocycles. The number of carboxylic acid groups (broad SMARTS) is 1. The van der Waals surface area contributed by atoms with Crippen LogP contribution in [0, 0.1) is 5.95 Å². The minimum Gasteiger partial charge on any atom is -0.480 e.